The average molecular weight is 346 g/mol. The second-order valence-corrected chi connectivity index (χ2v) is 4.88. The van der Waals surface area contributed by atoms with E-state index >= 15 is 0 Å². The number of nitrogens with zero attached hydrogens (tertiary/aromatic N) is 3. The molecule has 78 valence electrons. The van der Waals surface area contributed by atoms with Crippen molar-refractivity contribution in [2.45, 2.75) is 6.42 Å². The number of hydrogen-bond acceptors (Lipinski definition) is 3. The lowest BCUT2D eigenvalue weighted by molar-refractivity contribution is 0.409. The summed E-state index contributed by atoms with van der Waals surface area (Å²) < 4.78 is 0.708. The summed E-state index contributed by atoms with van der Waals surface area (Å²) in [5.41, 5.74) is 0. The lowest BCUT2D eigenvalue weighted by Crippen LogP contribution is -2.16. The Balaban J connectivity index is 2.79. The summed E-state index contributed by atoms with van der Waals surface area (Å²) in [6.45, 7) is 0.882. The van der Waals surface area contributed by atoms with Crippen LogP contribution < -0.4 is 0 Å². The normalized spacial score (nSPS) is 11.0. The monoisotopic (exact) mass is 345 g/mol. The topological polar surface area (TPSA) is 29.0 Å². The highest BCUT2D eigenvalue weighted by Gasteiger charge is 2.08. The van der Waals surface area contributed by atoms with Crippen molar-refractivity contribution in [3.8, 4) is 0 Å². The van der Waals surface area contributed by atoms with Crippen LogP contribution >= 0.6 is 45.8 Å². The molecule has 3 nitrogen and oxygen atoms in total. The van der Waals surface area contributed by atoms with Crippen molar-refractivity contribution >= 4 is 45.8 Å². The zero-order valence-electron chi connectivity index (χ0n) is 7.89. The van der Waals surface area contributed by atoms with Crippen molar-refractivity contribution in [1.82, 2.24) is 14.9 Å². The average Bonchev–Trinajstić information content (AvgIpc) is 2.10. The molecule has 0 spiro atoms. The summed E-state index contributed by atoms with van der Waals surface area (Å²) >= 11 is 13.8. The first-order valence-corrected chi connectivity index (χ1v) is 5.86. The van der Waals surface area contributed by atoms with Crippen molar-refractivity contribution in [2.75, 3.05) is 20.6 Å². The second-order valence-electron chi connectivity index (χ2n) is 3.09. The van der Waals surface area contributed by atoms with Crippen LogP contribution in [-0.4, -0.2) is 35.5 Å². The van der Waals surface area contributed by atoms with Gasteiger partial charge in [0.05, 0.1) is 3.57 Å². The van der Waals surface area contributed by atoms with Gasteiger partial charge in [-0.2, -0.15) is 0 Å². The molecule has 0 saturated heterocycles. The zero-order chi connectivity index (χ0) is 10.7. The molecule has 6 heteroatoms. The van der Waals surface area contributed by atoms with Crippen LogP contribution in [0.2, 0.25) is 10.3 Å². The summed E-state index contributed by atoms with van der Waals surface area (Å²) in [4.78, 5) is 10.3. The van der Waals surface area contributed by atoms with E-state index in [1.807, 2.05) is 36.7 Å². The first kappa shape index (κ1) is 12.4. The molecule has 0 unspecified atom stereocenters. The van der Waals surface area contributed by atoms with Crippen molar-refractivity contribution in [3.63, 3.8) is 0 Å². The predicted molar refractivity (Wildman–Crippen MR) is 67.0 cm³/mol. The summed E-state index contributed by atoms with van der Waals surface area (Å²) in [5.74, 6) is 0.689. The van der Waals surface area contributed by atoms with Gasteiger partial charge in [-0.1, -0.05) is 23.2 Å². The fourth-order valence-corrected chi connectivity index (χ4v) is 1.53. The molecule has 0 saturated carbocycles. The Morgan fingerprint density at radius 2 is 1.71 bits per heavy atom. The maximum atomic E-state index is 5.88. The highest BCUT2D eigenvalue weighted by atomic mass is 127. The van der Waals surface area contributed by atoms with Crippen LogP contribution in [0.3, 0.4) is 0 Å². The number of rotatable bonds is 3. The largest absolute Gasteiger partial charge is 0.309 e. The molecule has 0 bridgehead atoms. The van der Waals surface area contributed by atoms with Gasteiger partial charge in [-0.15, -0.1) is 0 Å². The SMILES string of the molecule is CN(C)CCc1nc(Cl)c(I)c(Cl)n1. The molecule has 1 rings (SSSR count). The molecule has 1 aromatic heterocycles. The lowest BCUT2D eigenvalue weighted by Gasteiger charge is -2.08. The van der Waals surface area contributed by atoms with Gasteiger partial charge >= 0.3 is 0 Å². The third kappa shape index (κ3) is 3.49. The van der Waals surface area contributed by atoms with Gasteiger partial charge in [0.1, 0.15) is 16.1 Å². The van der Waals surface area contributed by atoms with Crippen LogP contribution in [0.25, 0.3) is 0 Å². The van der Waals surface area contributed by atoms with Gasteiger partial charge in [0.2, 0.25) is 0 Å². The summed E-state index contributed by atoms with van der Waals surface area (Å²) in [6, 6.07) is 0. The van der Waals surface area contributed by atoms with Crippen LogP contribution in [0.15, 0.2) is 0 Å². The first-order valence-electron chi connectivity index (χ1n) is 4.03. The summed E-state index contributed by atoms with van der Waals surface area (Å²) in [6.07, 6.45) is 0.753. The quantitative estimate of drug-likeness (QED) is 0.622. The van der Waals surface area contributed by atoms with E-state index in [0.29, 0.717) is 19.7 Å². The van der Waals surface area contributed by atoms with Crippen molar-refractivity contribution in [3.05, 3.63) is 19.7 Å². The lowest BCUT2D eigenvalue weighted by atomic mass is 10.4. The van der Waals surface area contributed by atoms with Crippen LogP contribution in [-0.2, 0) is 6.42 Å². The van der Waals surface area contributed by atoms with Crippen molar-refractivity contribution < 1.29 is 0 Å². The van der Waals surface area contributed by atoms with Crippen LogP contribution in [0.5, 0.6) is 0 Å². The van der Waals surface area contributed by atoms with Crippen molar-refractivity contribution in [1.29, 1.82) is 0 Å². The maximum Gasteiger partial charge on any atom is 0.147 e. The molecule has 1 aromatic rings. The molecular weight excluding hydrogens is 336 g/mol. The summed E-state index contributed by atoms with van der Waals surface area (Å²) in [7, 11) is 3.99. The van der Waals surface area contributed by atoms with Gasteiger partial charge in [0.25, 0.3) is 0 Å². The van der Waals surface area contributed by atoms with E-state index in [1.54, 1.807) is 0 Å². The smallest absolute Gasteiger partial charge is 0.147 e. The van der Waals surface area contributed by atoms with E-state index in [1.165, 1.54) is 0 Å². The molecule has 1 heterocycles. The van der Waals surface area contributed by atoms with E-state index in [2.05, 4.69) is 14.9 Å². The highest BCUT2D eigenvalue weighted by molar-refractivity contribution is 14.1. The fraction of sp³-hybridized carbons (Fsp3) is 0.500. The zero-order valence-corrected chi connectivity index (χ0v) is 11.6. The van der Waals surface area contributed by atoms with Gasteiger partial charge in [0.15, 0.2) is 0 Å². The van der Waals surface area contributed by atoms with E-state index in [4.69, 9.17) is 23.2 Å². The van der Waals surface area contributed by atoms with Gasteiger partial charge in [0, 0.05) is 13.0 Å². The Bertz CT molecular complexity index is 307. The Hall–Kier alpha value is 0.350. The minimum Gasteiger partial charge on any atom is -0.309 e. The predicted octanol–water partition coefficient (Wildman–Crippen LogP) is 2.49. The number of aromatic nitrogens is 2. The molecule has 0 N–H and O–H groups in total. The van der Waals surface area contributed by atoms with Crippen LogP contribution in [0.1, 0.15) is 5.82 Å². The minimum atomic E-state index is 0.430. The number of hydrogen-bond donors (Lipinski definition) is 0. The molecule has 0 aliphatic rings. The first-order chi connectivity index (χ1) is 6.50. The van der Waals surface area contributed by atoms with E-state index in [0.717, 1.165) is 13.0 Å². The van der Waals surface area contributed by atoms with E-state index in [-0.39, 0.29) is 0 Å². The summed E-state index contributed by atoms with van der Waals surface area (Å²) in [5, 5.41) is 0.860. The molecule has 0 fully saturated rings. The van der Waals surface area contributed by atoms with Gasteiger partial charge in [-0.3, -0.25) is 0 Å². The van der Waals surface area contributed by atoms with Gasteiger partial charge in [-0.05, 0) is 36.7 Å². The molecule has 0 aromatic carbocycles. The Kier molecular flexibility index (Phi) is 4.82. The Morgan fingerprint density at radius 1 is 1.21 bits per heavy atom. The van der Waals surface area contributed by atoms with Crippen molar-refractivity contribution in [2.24, 2.45) is 0 Å². The minimum absolute atomic E-state index is 0.430. The van der Waals surface area contributed by atoms with Gasteiger partial charge in [-0.25, -0.2) is 9.97 Å². The van der Waals surface area contributed by atoms with Gasteiger partial charge < -0.3 is 4.90 Å². The van der Waals surface area contributed by atoms with Crippen LogP contribution in [0.4, 0.5) is 0 Å². The van der Waals surface area contributed by atoms with E-state index < -0.39 is 0 Å². The molecular formula is C8H10Cl2IN3. The van der Waals surface area contributed by atoms with E-state index in [9.17, 15) is 0 Å². The molecule has 0 radical (unpaired) electrons. The number of halogens is 3. The molecule has 0 atom stereocenters. The highest BCUT2D eigenvalue weighted by Crippen LogP contribution is 2.22. The molecule has 14 heavy (non-hydrogen) atoms. The third-order valence-electron chi connectivity index (χ3n) is 1.60. The maximum absolute atomic E-state index is 5.88. The standard InChI is InChI=1S/C8H10Cl2IN3/c1-14(2)4-3-5-12-7(9)6(11)8(10)13-5/h3-4H2,1-2H3. The number of likely N-dealkylation sites (N-methyl/N-ethyl adjacent to an activating group) is 1. The third-order valence-corrected chi connectivity index (χ3v) is 3.81. The Labute approximate surface area is 107 Å². The molecule has 0 aliphatic heterocycles. The molecule has 0 aliphatic carbocycles. The Morgan fingerprint density at radius 3 is 2.14 bits per heavy atom. The fourth-order valence-electron chi connectivity index (χ4n) is 0.870. The van der Waals surface area contributed by atoms with Crippen LogP contribution in [0, 0.1) is 3.57 Å². The second kappa shape index (κ2) is 5.44. The molecule has 0 amide bonds.